The first-order chi connectivity index (χ1) is 18.2. The van der Waals surface area contributed by atoms with Gasteiger partial charge in [-0.3, -0.25) is 14.0 Å². The summed E-state index contributed by atoms with van der Waals surface area (Å²) in [5.41, 5.74) is 0.328. The van der Waals surface area contributed by atoms with Gasteiger partial charge in [-0.15, -0.1) is 0 Å². The van der Waals surface area contributed by atoms with Crippen molar-refractivity contribution in [3.05, 3.63) is 77.5 Å². The number of amides is 1. The number of para-hydroxylation sites is 1. The zero-order valence-corrected chi connectivity index (χ0v) is 22.5. The number of hydrogen-bond acceptors (Lipinski definition) is 5. The third-order valence-electron chi connectivity index (χ3n) is 7.41. The average Bonchev–Trinajstić information content (AvgIpc) is 3.51. The molecule has 3 aromatic rings. The first-order valence-corrected chi connectivity index (χ1v) is 13.6. The molecule has 1 aromatic heterocycles. The third-order valence-corrected chi connectivity index (χ3v) is 7.41. The quantitative estimate of drug-likeness (QED) is 0.465. The van der Waals surface area contributed by atoms with E-state index in [9.17, 15) is 9.59 Å². The molecule has 0 radical (unpaired) electrons. The largest absolute Gasteiger partial charge is 0.457 e. The molecule has 2 fully saturated rings. The maximum atomic E-state index is 13.3. The molecule has 1 amide bonds. The van der Waals surface area contributed by atoms with Crippen molar-refractivity contribution in [1.29, 1.82) is 0 Å². The zero-order chi connectivity index (χ0) is 26.7. The van der Waals surface area contributed by atoms with Crippen LogP contribution < -0.4 is 15.7 Å². The van der Waals surface area contributed by atoms with Crippen LogP contribution in [0.2, 0.25) is 0 Å². The molecule has 2 aromatic carbocycles. The number of nitrogens with one attached hydrogen (secondary N) is 1. The first-order valence-electron chi connectivity index (χ1n) is 13.6. The van der Waals surface area contributed by atoms with Crippen LogP contribution in [0.4, 0.5) is 4.79 Å². The van der Waals surface area contributed by atoms with E-state index in [2.05, 4.69) is 10.2 Å². The number of carbonyl (C=O) groups excluding carboxylic acids is 1. The van der Waals surface area contributed by atoms with E-state index in [1.54, 1.807) is 4.57 Å². The number of imidazole rings is 1. The average molecular weight is 519 g/mol. The van der Waals surface area contributed by atoms with Crippen LogP contribution in [0.1, 0.15) is 58.9 Å². The van der Waals surface area contributed by atoms with Crippen LogP contribution in [0, 0.1) is 0 Å². The molecule has 1 aliphatic carbocycles. The highest BCUT2D eigenvalue weighted by Gasteiger charge is 2.33. The van der Waals surface area contributed by atoms with E-state index >= 15 is 0 Å². The summed E-state index contributed by atoms with van der Waals surface area (Å²) in [6, 6.07) is 18.1. The van der Waals surface area contributed by atoms with Crippen molar-refractivity contribution in [3.63, 3.8) is 0 Å². The molecule has 1 saturated carbocycles. The maximum absolute atomic E-state index is 13.3. The van der Waals surface area contributed by atoms with Gasteiger partial charge in [0.25, 0.3) is 0 Å². The number of rotatable bonds is 6. The predicted octanol–water partition coefficient (Wildman–Crippen LogP) is 5.51. The van der Waals surface area contributed by atoms with Gasteiger partial charge in [-0.1, -0.05) is 18.2 Å². The van der Waals surface area contributed by atoms with Gasteiger partial charge in [0.2, 0.25) is 0 Å². The van der Waals surface area contributed by atoms with E-state index in [1.807, 2.05) is 92.3 Å². The standard InChI is InChI=1S/C30H38N4O4/c1-30(2,3)38-28(35)31-22-17-18-32(21-22)23-9-11-24(12-10-23)33-19-20-34(29(33)36)25-13-15-27(16-14-25)37-26-7-5-4-6-8-26/h4-8,13-16,19-20,22-24H,9-12,17-18,21H2,1-3H3,(H,31,35). The van der Waals surface area contributed by atoms with Crippen molar-refractivity contribution >= 4 is 6.09 Å². The van der Waals surface area contributed by atoms with E-state index in [4.69, 9.17) is 9.47 Å². The van der Waals surface area contributed by atoms with Gasteiger partial charge >= 0.3 is 11.8 Å². The highest BCUT2D eigenvalue weighted by atomic mass is 16.6. The van der Waals surface area contributed by atoms with E-state index in [1.165, 1.54) is 0 Å². The number of carbonyl (C=O) groups is 1. The molecule has 202 valence electrons. The monoisotopic (exact) mass is 518 g/mol. The number of nitrogens with zero attached hydrogens (tertiary/aromatic N) is 3. The molecule has 1 unspecified atom stereocenters. The third kappa shape index (κ3) is 6.30. The van der Waals surface area contributed by atoms with Gasteiger partial charge in [0.1, 0.15) is 17.1 Å². The van der Waals surface area contributed by atoms with Crippen molar-refractivity contribution in [3.8, 4) is 17.2 Å². The summed E-state index contributed by atoms with van der Waals surface area (Å²) in [6.07, 6.45) is 8.41. The summed E-state index contributed by atoms with van der Waals surface area (Å²) in [5.74, 6) is 1.51. The van der Waals surface area contributed by atoms with E-state index in [0.29, 0.717) is 6.04 Å². The molecule has 1 atom stereocenters. The summed E-state index contributed by atoms with van der Waals surface area (Å²) in [4.78, 5) is 27.9. The SMILES string of the molecule is CC(C)(C)OC(=O)NC1CCN(C2CCC(n3ccn(-c4ccc(Oc5ccccc5)cc4)c3=O)CC2)C1. The molecular weight excluding hydrogens is 480 g/mol. The van der Waals surface area contributed by atoms with Crippen LogP contribution in [0.15, 0.2) is 71.8 Å². The molecule has 2 aliphatic rings. The van der Waals surface area contributed by atoms with Crippen molar-refractivity contribution in [2.45, 2.75) is 76.6 Å². The molecule has 1 N–H and O–H groups in total. The van der Waals surface area contributed by atoms with Gasteiger partial charge in [0.05, 0.1) is 5.69 Å². The number of aromatic nitrogens is 2. The zero-order valence-electron chi connectivity index (χ0n) is 22.5. The summed E-state index contributed by atoms with van der Waals surface area (Å²) in [6.45, 7) is 7.47. The highest BCUT2D eigenvalue weighted by molar-refractivity contribution is 5.68. The van der Waals surface area contributed by atoms with Crippen LogP contribution in [0.5, 0.6) is 11.5 Å². The van der Waals surface area contributed by atoms with Gasteiger partial charge in [-0.25, -0.2) is 9.59 Å². The second kappa shape index (κ2) is 11.1. The number of likely N-dealkylation sites (tertiary alicyclic amines) is 1. The molecule has 38 heavy (non-hydrogen) atoms. The van der Waals surface area contributed by atoms with Crippen LogP contribution >= 0.6 is 0 Å². The summed E-state index contributed by atoms with van der Waals surface area (Å²) in [7, 11) is 0. The van der Waals surface area contributed by atoms with Crippen LogP contribution in [0.3, 0.4) is 0 Å². The van der Waals surface area contributed by atoms with Crippen molar-refractivity contribution < 1.29 is 14.3 Å². The lowest BCUT2D eigenvalue weighted by atomic mass is 9.90. The van der Waals surface area contributed by atoms with Crippen LogP contribution in [0.25, 0.3) is 5.69 Å². The van der Waals surface area contributed by atoms with Gasteiger partial charge in [-0.2, -0.15) is 0 Å². The van der Waals surface area contributed by atoms with E-state index in [-0.39, 0.29) is 23.9 Å². The summed E-state index contributed by atoms with van der Waals surface area (Å²) in [5, 5.41) is 3.02. The second-order valence-electron chi connectivity index (χ2n) is 11.4. The topological polar surface area (TPSA) is 77.7 Å². The second-order valence-corrected chi connectivity index (χ2v) is 11.4. The molecule has 8 nitrogen and oxygen atoms in total. The highest BCUT2D eigenvalue weighted by Crippen LogP contribution is 2.32. The van der Waals surface area contributed by atoms with Crippen LogP contribution in [-0.2, 0) is 4.74 Å². The van der Waals surface area contributed by atoms with Crippen molar-refractivity contribution in [1.82, 2.24) is 19.4 Å². The maximum Gasteiger partial charge on any atom is 0.407 e. The lowest BCUT2D eigenvalue weighted by molar-refractivity contribution is 0.0503. The summed E-state index contributed by atoms with van der Waals surface area (Å²) < 4.78 is 14.9. The van der Waals surface area contributed by atoms with Crippen molar-refractivity contribution in [2.75, 3.05) is 13.1 Å². The molecule has 1 aliphatic heterocycles. The number of alkyl carbamates (subject to hydrolysis) is 1. The summed E-state index contributed by atoms with van der Waals surface area (Å²) >= 11 is 0. The minimum absolute atomic E-state index is 0.00650. The first kappa shape index (κ1) is 26.1. The normalized spacial score (nSPS) is 22.2. The fourth-order valence-corrected chi connectivity index (χ4v) is 5.58. The Hall–Kier alpha value is -3.52. The Morgan fingerprint density at radius 1 is 0.868 bits per heavy atom. The molecule has 0 bridgehead atoms. The van der Waals surface area contributed by atoms with E-state index < -0.39 is 5.60 Å². The molecule has 1 saturated heterocycles. The Morgan fingerprint density at radius 2 is 1.53 bits per heavy atom. The molecular formula is C30H38N4O4. The van der Waals surface area contributed by atoms with Crippen LogP contribution in [-0.4, -0.2) is 50.9 Å². The molecule has 2 heterocycles. The van der Waals surface area contributed by atoms with Gasteiger partial charge in [0.15, 0.2) is 0 Å². The predicted molar refractivity (Wildman–Crippen MR) is 147 cm³/mol. The van der Waals surface area contributed by atoms with Crippen molar-refractivity contribution in [2.24, 2.45) is 0 Å². The Balaban J connectivity index is 1.14. The Kier molecular flexibility index (Phi) is 7.61. The number of hydrogen-bond donors (Lipinski definition) is 1. The van der Waals surface area contributed by atoms with Gasteiger partial charge in [0, 0.05) is 43.6 Å². The fourth-order valence-electron chi connectivity index (χ4n) is 5.58. The molecule has 8 heteroatoms. The van der Waals surface area contributed by atoms with E-state index in [0.717, 1.165) is 62.4 Å². The molecule has 5 rings (SSSR count). The Bertz CT molecular complexity index is 1270. The molecule has 0 spiro atoms. The minimum atomic E-state index is -0.488. The number of benzene rings is 2. The lowest BCUT2D eigenvalue weighted by Crippen LogP contribution is -2.43. The fraction of sp³-hybridized carbons (Fsp3) is 0.467. The smallest absolute Gasteiger partial charge is 0.407 e. The van der Waals surface area contributed by atoms with Gasteiger partial charge in [-0.05, 0) is 89.3 Å². The Morgan fingerprint density at radius 3 is 2.21 bits per heavy atom. The minimum Gasteiger partial charge on any atom is -0.457 e. The lowest BCUT2D eigenvalue weighted by Gasteiger charge is -2.35. The Labute approximate surface area is 224 Å². The number of ether oxygens (including phenoxy) is 2. The van der Waals surface area contributed by atoms with Gasteiger partial charge < -0.3 is 14.8 Å².